The predicted molar refractivity (Wildman–Crippen MR) is 44.1 cm³/mol. The van der Waals surface area contributed by atoms with Crippen LogP contribution in [0, 0.1) is 4.20 Å². The molecule has 0 aliphatic rings. The van der Waals surface area contributed by atoms with Crippen LogP contribution in [0.5, 0.6) is 0 Å². The summed E-state index contributed by atoms with van der Waals surface area (Å²) < 4.78 is 9.52. The number of carboxylic acid groups (broad SMARTS) is 3. The van der Waals surface area contributed by atoms with E-state index in [0.717, 1.165) is 0 Å². The molecule has 0 saturated heterocycles. The van der Waals surface area contributed by atoms with E-state index in [4.69, 9.17) is 15.3 Å². The average molecular weight is 263 g/mol. The SMILES string of the molecule is N.[N]#[Mn]([CH2]C(=O)O)([CH2]C(=O)O)[CH2]C(=O)O. The van der Waals surface area contributed by atoms with Crippen molar-refractivity contribution in [2.24, 2.45) is 0 Å². The zero-order valence-electron chi connectivity index (χ0n) is 7.72. The first-order chi connectivity index (χ1) is 6.25. The van der Waals surface area contributed by atoms with Crippen molar-refractivity contribution in [2.45, 2.75) is 16.0 Å². The maximum absolute atomic E-state index is 10.3. The maximum atomic E-state index is 10.3. The van der Waals surface area contributed by atoms with Crippen molar-refractivity contribution in [1.82, 2.24) is 6.15 Å². The molecule has 0 aromatic carbocycles. The van der Waals surface area contributed by atoms with Crippen LogP contribution in [0.15, 0.2) is 0 Å². The van der Waals surface area contributed by atoms with E-state index in [1.54, 1.807) is 0 Å². The van der Waals surface area contributed by atoms with Gasteiger partial charge in [-0.15, -0.1) is 0 Å². The number of hydrogen-bond donors (Lipinski definition) is 4. The Morgan fingerprint density at radius 1 is 0.867 bits per heavy atom. The molecule has 6 N–H and O–H groups in total. The minimum absolute atomic E-state index is 0. The van der Waals surface area contributed by atoms with Crippen LogP contribution in [-0.4, -0.2) is 33.2 Å². The Labute approximate surface area is 87.0 Å². The van der Waals surface area contributed by atoms with Crippen molar-refractivity contribution in [3.8, 4) is 0 Å². The third-order valence-corrected chi connectivity index (χ3v) is 4.49. The van der Waals surface area contributed by atoms with E-state index >= 15 is 0 Å². The fraction of sp³-hybridized carbons (Fsp3) is 0.500. The van der Waals surface area contributed by atoms with Gasteiger partial charge in [-0.05, 0) is 0 Å². The fourth-order valence-corrected chi connectivity index (χ4v) is 3.22. The second-order valence-corrected chi connectivity index (χ2v) is 6.65. The Morgan fingerprint density at radius 3 is 1.20 bits per heavy atom. The number of nitrogens with zero attached hydrogens (tertiary/aromatic N) is 1. The Morgan fingerprint density at radius 2 is 1.07 bits per heavy atom. The molecule has 8 nitrogen and oxygen atoms in total. The normalized spacial score (nSPS) is 10.1. The molecule has 0 aliphatic heterocycles. The van der Waals surface area contributed by atoms with Crippen LogP contribution in [0.25, 0.3) is 0 Å². The molecule has 0 spiro atoms. The molecule has 0 saturated carbocycles. The van der Waals surface area contributed by atoms with Crippen LogP contribution in [0.1, 0.15) is 0 Å². The summed E-state index contributed by atoms with van der Waals surface area (Å²) in [5.41, 5.74) is 0. The summed E-state index contributed by atoms with van der Waals surface area (Å²) >= 11 is -3.76. The molecular formula is C6H12MnN2O6. The molecule has 15 heavy (non-hydrogen) atoms. The third kappa shape index (κ3) is 7.65. The second-order valence-electron chi connectivity index (χ2n) is 2.51. The Bertz CT molecular complexity index is 314. The van der Waals surface area contributed by atoms with Crippen molar-refractivity contribution in [1.29, 1.82) is 4.20 Å². The first-order valence-electron chi connectivity index (χ1n) is 3.31. The van der Waals surface area contributed by atoms with Gasteiger partial charge in [0.2, 0.25) is 0 Å². The Kier molecular flexibility index (Phi) is 6.58. The van der Waals surface area contributed by atoms with Crippen LogP contribution in [0.3, 0.4) is 0 Å². The van der Waals surface area contributed by atoms with Gasteiger partial charge in [0.15, 0.2) is 0 Å². The molecule has 0 fully saturated rings. The van der Waals surface area contributed by atoms with E-state index < -0.39 is 46.3 Å². The minimum atomic E-state index is -3.76. The first-order valence-corrected chi connectivity index (χ1v) is 6.35. The number of carbonyl (C=O) groups is 3. The van der Waals surface area contributed by atoms with Crippen molar-refractivity contribution in [3.05, 3.63) is 0 Å². The van der Waals surface area contributed by atoms with Crippen molar-refractivity contribution in [3.63, 3.8) is 0 Å². The summed E-state index contributed by atoms with van der Waals surface area (Å²) in [5, 5.41) is 22.8. The summed E-state index contributed by atoms with van der Waals surface area (Å²) in [7, 11) is 0. The van der Waals surface area contributed by atoms with E-state index in [9.17, 15) is 18.6 Å². The van der Waals surface area contributed by atoms with Crippen LogP contribution < -0.4 is 6.15 Å². The Balaban J connectivity index is 0. The molecule has 0 bridgehead atoms. The topological polar surface area (TPSA) is 171 Å². The monoisotopic (exact) mass is 263 g/mol. The molecule has 0 aromatic rings. The van der Waals surface area contributed by atoms with Gasteiger partial charge in [0.1, 0.15) is 0 Å². The van der Waals surface area contributed by atoms with Gasteiger partial charge in [-0.2, -0.15) is 0 Å². The zero-order chi connectivity index (χ0) is 11.4. The van der Waals surface area contributed by atoms with E-state index in [1.807, 2.05) is 0 Å². The van der Waals surface area contributed by atoms with Gasteiger partial charge in [0, 0.05) is 0 Å². The zero-order valence-corrected chi connectivity index (χ0v) is 8.90. The molecule has 0 aliphatic carbocycles. The summed E-state index contributed by atoms with van der Waals surface area (Å²) in [6.45, 7) is 0. The standard InChI is InChI=1S/3C2H3O2.Mn.H3N.N/c3*1-2(3)4;;;/h3*1H2,(H,3,4);;1H3;. The van der Waals surface area contributed by atoms with E-state index in [-0.39, 0.29) is 6.15 Å². The van der Waals surface area contributed by atoms with Gasteiger partial charge in [-0.3, -0.25) is 0 Å². The predicted octanol–water partition coefficient (Wildman–Crippen LogP) is 0.290. The Hall–Kier alpha value is -1.40. The van der Waals surface area contributed by atoms with E-state index in [2.05, 4.69) is 0 Å². The number of rotatable bonds is 3. The number of hydrogen-bond acceptors (Lipinski definition) is 5. The molecule has 0 amide bonds. The third-order valence-electron chi connectivity index (χ3n) is 1.09. The van der Waals surface area contributed by atoms with Gasteiger partial charge >= 0.3 is 80.2 Å². The van der Waals surface area contributed by atoms with Gasteiger partial charge in [-0.25, -0.2) is 0 Å². The van der Waals surface area contributed by atoms with Gasteiger partial charge in [0.05, 0.1) is 0 Å². The summed E-state index contributed by atoms with van der Waals surface area (Å²) in [4.78, 5) is 30.8. The average Bonchev–Trinajstić information content (AvgIpc) is 1.76. The second kappa shape index (κ2) is 6.15. The summed E-state index contributed by atoms with van der Waals surface area (Å²) in [6.07, 6.45) is 0. The van der Waals surface area contributed by atoms with E-state index in [1.165, 1.54) is 0 Å². The van der Waals surface area contributed by atoms with E-state index in [0.29, 0.717) is 0 Å². The van der Waals surface area contributed by atoms with Crippen molar-refractivity contribution >= 4 is 17.9 Å². The van der Waals surface area contributed by atoms with Gasteiger partial charge in [0.25, 0.3) is 0 Å². The number of aliphatic carboxylic acids is 3. The molecule has 89 valence electrons. The quantitative estimate of drug-likeness (QED) is 0.526. The number of carboxylic acids is 3. The van der Waals surface area contributed by atoms with Crippen molar-refractivity contribution < 1.29 is 42.2 Å². The molecule has 0 rings (SSSR count). The van der Waals surface area contributed by atoms with Crippen LogP contribution >= 0.6 is 0 Å². The molecule has 0 heterocycles. The first kappa shape index (κ1) is 16.0. The van der Waals surface area contributed by atoms with Crippen LogP contribution in [0.2, 0.25) is 16.0 Å². The molecule has 9 heteroatoms. The van der Waals surface area contributed by atoms with Crippen LogP contribution in [0.4, 0.5) is 0 Å². The molecule has 0 atom stereocenters. The summed E-state index contributed by atoms with van der Waals surface area (Å²) in [6, 6.07) is 0. The van der Waals surface area contributed by atoms with Gasteiger partial charge in [-0.1, -0.05) is 0 Å². The van der Waals surface area contributed by atoms with Gasteiger partial charge < -0.3 is 6.15 Å². The molecule has 0 unspecified atom stereocenters. The fourth-order valence-electron chi connectivity index (χ4n) is 0.780. The van der Waals surface area contributed by atoms with Crippen molar-refractivity contribution in [2.75, 3.05) is 0 Å². The molecule has 0 aromatic heterocycles. The van der Waals surface area contributed by atoms with Crippen LogP contribution in [-0.2, 0) is 26.9 Å². The summed E-state index contributed by atoms with van der Waals surface area (Å²) in [5.74, 6) is -4.16. The molecular weight excluding hydrogens is 251 g/mol. The molecule has 0 radical (unpaired) electrons.